The average Bonchev–Trinajstić information content (AvgIpc) is 3.48. The first-order chi connectivity index (χ1) is 15.1. The number of pyridine rings is 1. The molecule has 5 rings (SSSR count). The highest BCUT2D eigenvalue weighted by Crippen LogP contribution is 2.34. The normalized spacial score (nSPS) is 16.6. The Kier molecular flexibility index (Phi) is 4.81. The molecule has 1 saturated heterocycles. The molecule has 12 nitrogen and oxygen atoms in total. The molecule has 1 aliphatic heterocycles. The van der Waals surface area contributed by atoms with Crippen LogP contribution >= 0.6 is 0 Å². The molecule has 4 aromatic rings. The van der Waals surface area contributed by atoms with Gasteiger partial charge < -0.3 is 14.5 Å². The van der Waals surface area contributed by atoms with E-state index in [4.69, 9.17) is 9.15 Å². The third-order valence-corrected chi connectivity index (χ3v) is 5.12. The van der Waals surface area contributed by atoms with Gasteiger partial charge in [-0.3, -0.25) is 9.89 Å². The Hall–Kier alpha value is -3.83. The van der Waals surface area contributed by atoms with Crippen molar-refractivity contribution in [1.82, 2.24) is 40.1 Å². The Morgan fingerprint density at radius 1 is 1.32 bits per heavy atom. The summed E-state index contributed by atoms with van der Waals surface area (Å²) in [6.07, 6.45) is 4.78. The fraction of sp³-hybridized carbons (Fsp3) is 0.421. The summed E-state index contributed by atoms with van der Waals surface area (Å²) in [7, 11) is 0. The van der Waals surface area contributed by atoms with Gasteiger partial charge in [0.05, 0.1) is 42.3 Å². The predicted molar refractivity (Wildman–Crippen MR) is 108 cm³/mol. The van der Waals surface area contributed by atoms with E-state index in [1.54, 1.807) is 19.3 Å². The summed E-state index contributed by atoms with van der Waals surface area (Å²) in [6.45, 7) is 4.87. The monoisotopic (exact) mass is 423 g/mol. The standard InChI is InChI=1S/C19H21N9O3/c1-3-28-18-12(9-21-28)17(23-11-4-5-30-16(29)6-11)13(8-20-18)19-27-26-15(31-19)7-14-22-10(2)24-25-14/h8-9,11H,3-7H2,1-2H3,(H,20,23)(H,22,24,25). The number of H-pyrrole nitrogens is 1. The lowest BCUT2D eigenvalue weighted by Gasteiger charge is -2.24. The SMILES string of the molecule is CCn1ncc2c(NC3CCOC(=O)C3)c(-c3nnc(Cc4nc(C)n[nH]4)o3)cnc21. The smallest absolute Gasteiger partial charge is 0.307 e. The van der Waals surface area contributed by atoms with Crippen molar-refractivity contribution in [2.24, 2.45) is 0 Å². The van der Waals surface area contributed by atoms with Gasteiger partial charge in [0.1, 0.15) is 11.6 Å². The molecule has 1 atom stereocenters. The van der Waals surface area contributed by atoms with E-state index in [-0.39, 0.29) is 18.4 Å². The maximum Gasteiger partial charge on any atom is 0.307 e. The lowest BCUT2D eigenvalue weighted by Crippen LogP contribution is -2.31. The number of aromatic amines is 1. The molecule has 0 bridgehead atoms. The van der Waals surface area contributed by atoms with Crippen LogP contribution in [0.1, 0.15) is 37.3 Å². The van der Waals surface area contributed by atoms with Gasteiger partial charge in [-0.2, -0.15) is 10.2 Å². The number of nitrogens with zero attached hydrogens (tertiary/aromatic N) is 7. The third kappa shape index (κ3) is 3.71. The first-order valence-corrected chi connectivity index (χ1v) is 10.1. The van der Waals surface area contributed by atoms with Gasteiger partial charge in [-0.15, -0.1) is 10.2 Å². The van der Waals surface area contributed by atoms with E-state index in [9.17, 15) is 4.79 Å². The van der Waals surface area contributed by atoms with Crippen LogP contribution in [0, 0.1) is 6.92 Å². The lowest BCUT2D eigenvalue weighted by atomic mass is 10.1. The molecule has 0 aliphatic carbocycles. The number of fused-ring (bicyclic) bond motifs is 1. The number of anilines is 1. The molecule has 5 heterocycles. The Bertz CT molecular complexity index is 1240. The number of ether oxygens (including phenoxy) is 1. The molecule has 31 heavy (non-hydrogen) atoms. The summed E-state index contributed by atoms with van der Waals surface area (Å²) in [5, 5.41) is 23.9. The molecular weight excluding hydrogens is 402 g/mol. The van der Waals surface area contributed by atoms with E-state index < -0.39 is 0 Å². The number of carbonyl (C=O) groups is 1. The highest BCUT2D eigenvalue weighted by Gasteiger charge is 2.25. The molecule has 4 aromatic heterocycles. The molecule has 0 radical (unpaired) electrons. The second-order valence-electron chi connectivity index (χ2n) is 7.31. The zero-order chi connectivity index (χ0) is 21.4. The summed E-state index contributed by atoms with van der Waals surface area (Å²) in [5.74, 6) is 1.80. The van der Waals surface area contributed by atoms with Crippen LogP contribution in [0.25, 0.3) is 22.5 Å². The van der Waals surface area contributed by atoms with Gasteiger partial charge >= 0.3 is 5.97 Å². The Labute approximate surface area is 176 Å². The second kappa shape index (κ2) is 7.78. The van der Waals surface area contributed by atoms with Crippen LogP contribution in [0.2, 0.25) is 0 Å². The summed E-state index contributed by atoms with van der Waals surface area (Å²) in [4.78, 5) is 20.6. The summed E-state index contributed by atoms with van der Waals surface area (Å²) in [6, 6.07) is -0.0739. The number of cyclic esters (lactones) is 1. The number of aryl methyl sites for hydroxylation is 2. The van der Waals surface area contributed by atoms with E-state index in [1.165, 1.54) is 0 Å². The van der Waals surface area contributed by atoms with Gasteiger partial charge in [0, 0.05) is 25.2 Å². The first kappa shape index (κ1) is 19.2. The zero-order valence-corrected chi connectivity index (χ0v) is 17.1. The minimum absolute atomic E-state index is 0.0739. The van der Waals surface area contributed by atoms with Crippen LogP contribution in [-0.2, 0) is 22.5 Å². The van der Waals surface area contributed by atoms with Crippen molar-refractivity contribution >= 4 is 22.7 Å². The number of esters is 1. The van der Waals surface area contributed by atoms with Crippen molar-refractivity contribution in [2.45, 2.75) is 45.7 Å². The van der Waals surface area contributed by atoms with Crippen LogP contribution in [0.5, 0.6) is 0 Å². The fourth-order valence-electron chi connectivity index (χ4n) is 3.63. The van der Waals surface area contributed by atoms with Crippen LogP contribution in [0.3, 0.4) is 0 Å². The number of aromatic nitrogens is 8. The van der Waals surface area contributed by atoms with Crippen molar-refractivity contribution in [2.75, 3.05) is 11.9 Å². The molecule has 12 heteroatoms. The van der Waals surface area contributed by atoms with E-state index in [0.29, 0.717) is 55.0 Å². The van der Waals surface area contributed by atoms with E-state index in [0.717, 1.165) is 16.7 Å². The van der Waals surface area contributed by atoms with Crippen molar-refractivity contribution in [3.63, 3.8) is 0 Å². The largest absolute Gasteiger partial charge is 0.466 e. The molecule has 160 valence electrons. The molecular formula is C19H21N9O3. The second-order valence-corrected chi connectivity index (χ2v) is 7.31. The Morgan fingerprint density at radius 2 is 2.23 bits per heavy atom. The van der Waals surface area contributed by atoms with Gasteiger partial charge in [0.25, 0.3) is 5.89 Å². The highest BCUT2D eigenvalue weighted by molar-refractivity contribution is 5.96. The summed E-state index contributed by atoms with van der Waals surface area (Å²) >= 11 is 0. The molecule has 1 fully saturated rings. The molecule has 1 unspecified atom stereocenters. The zero-order valence-electron chi connectivity index (χ0n) is 17.1. The van der Waals surface area contributed by atoms with Gasteiger partial charge in [0.2, 0.25) is 5.89 Å². The molecule has 2 N–H and O–H groups in total. The van der Waals surface area contributed by atoms with Crippen LogP contribution in [0.4, 0.5) is 5.69 Å². The van der Waals surface area contributed by atoms with Gasteiger partial charge in [-0.25, -0.2) is 14.6 Å². The number of hydrogen-bond acceptors (Lipinski definition) is 10. The number of nitrogens with one attached hydrogen (secondary N) is 2. The van der Waals surface area contributed by atoms with Gasteiger partial charge in [0.15, 0.2) is 5.65 Å². The maximum absolute atomic E-state index is 11.8. The van der Waals surface area contributed by atoms with Gasteiger partial charge in [-0.1, -0.05) is 0 Å². The number of rotatable bonds is 6. The molecule has 1 aliphatic rings. The van der Waals surface area contributed by atoms with Crippen molar-refractivity contribution in [3.8, 4) is 11.5 Å². The van der Waals surface area contributed by atoms with Crippen molar-refractivity contribution in [3.05, 3.63) is 29.9 Å². The molecule has 0 aromatic carbocycles. The third-order valence-electron chi connectivity index (χ3n) is 5.12. The highest BCUT2D eigenvalue weighted by atomic mass is 16.5. The fourth-order valence-corrected chi connectivity index (χ4v) is 3.63. The van der Waals surface area contributed by atoms with Crippen LogP contribution in [0.15, 0.2) is 16.8 Å². The topological polar surface area (TPSA) is 150 Å². The van der Waals surface area contributed by atoms with Crippen LogP contribution in [-0.4, -0.2) is 58.8 Å². The quantitative estimate of drug-likeness (QED) is 0.438. The van der Waals surface area contributed by atoms with Crippen molar-refractivity contribution < 1.29 is 13.9 Å². The minimum atomic E-state index is -0.220. The maximum atomic E-state index is 11.8. The van der Waals surface area contributed by atoms with E-state index >= 15 is 0 Å². The van der Waals surface area contributed by atoms with Crippen molar-refractivity contribution in [1.29, 1.82) is 0 Å². The molecule has 0 amide bonds. The molecule has 0 spiro atoms. The lowest BCUT2D eigenvalue weighted by molar-refractivity contribution is -0.147. The first-order valence-electron chi connectivity index (χ1n) is 10.1. The number of carbonyl (C=O) groups excluding carboxylic acids is 1. The summed E-state index contributed by atoms with van der Waals surface area (Å²) < 4.78 is 12.8. The van der Waals surface area contributed by atoms with E-state index in [2.05, 4.69) is 40.8 Å². The Balaban J connectivity index is 1.52. The number of hydrogen-bond donors (Lipinski definition) is 2. The minimum Gasteiger partial charge on any atom is -0.466 e. The van der Waals surface area contributed by atoms with E-state index in [1.807, 2.05) is 11.6 Å². The summed E-state index contributed by atoms with van der Waals surface area (Å²) in [5.41, 5.74) is 2.15. The van der Waals surface area contributed by atoms with Gasteiger partial charge in [-0.05, 0) is 13.8 Å². The predicted octanol–water partition coefficient (Wildman–Crippen LogP) is 1.64. The Morgan fingerprint density at radius 3 is 3.00 bits per heavy atom. The van der Waals surface area contributed by atoms with Crippen LogP contribution < -0.4 is 5.32 Å². The average molecular weight is 423 g/mol. The molecule has 0 saturated carbocycles.